The quantitative estimate of drug-likeness (QED) is 0.870. The molecule has 1 rings (SSSR count). The summed E-state index contributed by atoms with van der Waals surface area (Å²) in [7, 11) is 1.60. The van der Waals surface area contributed by atoms with Crippen LogP contribution in [0.2, 0.25) is 0 Å². The topological polar surface area (TPSA) is 45.0 Å². The van der Waals surface area contributed by atoms with Crippen molar-refractivity contribution < 1.29 is 4.74 Å². The van der Waals surface area contributed by atoms with E-state index in [0.717, 1.165) is 20.4 Å². The summed E-state index contributed by atoms with van der Waals surface area (Å²) in [4.78, 5) is 0. The van der Waals surface area contributed by atoms with Crippen molar-refractivity contribution in [3.05, 3.63) is 21.1 Å². The molecule has 0 bridgehead atoms. The van der Waals surface area contributed by atoms with Crippen LogP contribution in [0.15, 0.2) is 21.1 Å². The maximum Gasteiger partial charge on any atom is 0.135 e. The van der Waals surface area contributed by atoms with E-state index < -0.39 is 0 Å². The average molecular weight is 320 g/mol. The molecule has 1 N–H and O–H groups in total. The number of ether oxygens (including phenoxy) is 1. The number of anilines is 1. The van der Waals surface area contributed by atoms with Crippen molar-refractivity contribution >= 4 is 37.5 Å². The maximum absolute atomic E-state index is 8.43. The average Bonchev–Trinajstić information content (AvgIpc) is 2.17. The van der Waals surface area contributed by atoms with Crippen molar-refractivity contribution in [2.75, 3.05) is 19.0 Å². The number of nitriles is 1. The van der Waals surface area contributed by atoms with Crippen molar-refractivity contribution in [2.24, 2.45) is 0 Å². The summed E-state index contributed by atoms with van der Waals surface area (Å²) in [5, 5.41) is 11.4. The minimum absolute atomic E-state index is 0.267. The number of nitrogens with zero attached hydrogens (tertiary/aromatic N) is 1. The van der Waals surface area contributed by atoms with Gasteiger partial charge in [-0.05, 0) is 37.9 Å². The highest BCUT2D eigenvalue weighted by molar-refractivity contribution is 9.11. The van der Waals surface area contributed by atoms with Crippen LogP contribution >= 0.6 is 31.9 Å². The Morgan fingerprint density at radius 3 is 2.71 bits per heavy atom. The highest BCUT2D eigenvalue weighted by Gasteiger charge is 2.06. The molecule has 0 saturated heterocycles. The standard InChI is InChI=1S/C9H8Br2N2O/c1-14-9-5-8(13-3-2-12)6(10)4-7(9)11/h4-5,13H,3H2,1H3. The number of rotatable bonds is 3. The van der Waals surface area contributed by atoms with E-state index in [4.69, 9.17) is 10.00 Å². The Morgan fingerprint density at radius 1 is 1.43 bits per heavy atom. The van der Waals surface area contributed by atoms with Gasteiger partial charge < -0.3 is 10.1 Å². The second kappa shape index (κ2) is 5.23. The molecule has 0 amide bonds. The van der Waals surface area contributed by atoms with E-state index in [-0.39, 0.29) is 6.54 Å². The zero-order chi connectivity index (χ0) is 10.6. The van der Waals surface area contributed by atoms with Crippen LogP contribution in [0.1, 0.15) is 0 Å². The first-order valence-electron chi connectivity index (χ1n) is 3.83. The lowest BCUT2D eigenvalue weighted by molar-refractivity contribution is 0.412. The van der Waals surface area contributed by atoms with Gasteiger partial charge in [-0.15, -0.1) is 0 Å². The minimum Gasteiger partial charge on any atom is -0.495 e. The molecule has 0 atom stereocenters. The maximum atomic E-state index is 8.43. The molecule has 1 aromatic rings. The molecule has 0 spiro atoms. The molecule has 5 heteroatoms. The van der Waals surface area contributed by atoms with Crippen LogP contribution in [0.5, 0.6) is 5.75 Å². The summed E-state index contributed by atoms with van der Waals surface area (Å²) in [5.74, 6) is 0.730. The fourth-order valence-corrected chi connectivity index (χ4v) is 2.25. The Kier molecular flexibility index (Phi) is 4.23. The molecule has 0 saturated carbocycles. The highest BCUT2D eigenvalue weighted by Crippen LogP contribution is 2.34. The number of halogens is 2. The minimum atomic E-state index is 0.267. The molecule has 0 fully saturated rings. The van der Waals surface area contributed by atoms with Gasteiger partial charge in [0.25, 0.3) is 0 Å². The van der Waals surface area contributed by atoms with Gasteiger partial charge in [-0.2, -0.15) is 5.26 Å². The molecule has 1 aromatic carbocycles. The predicted molar refractivity (Wildman–Crippen MR) is 62.5 cm³/mol. The lowest BCUT2D eigenvalue weighted by Crippen LogP contribution is -1.99. The van der Waals surface area contributed by atoms with Crippen LogP contribution in [0.4, 0.5) is 5.69 Å². The normalized spacial score (nSPS) is 9.29. The largest absolute Gasteiger partial charge is 0.495 e. The van der Waals surface area contributed by atoms with Crippen molar-refractivity contribution in [3.8, 4) is 11.8 Å². The van der Waals surface area contributed by atoms with Crippen LogP contribution in [0.25, 0.3) is 0 Å². The second-order valence-corrected chi connectivity index (χ2v) is 4.19. The lowest BCUT2D eigenvalue weighted by atomic mass is 10.3. The molecule has 74 valence electrons. The molecule has 0 radical (unpaired) electrons. The fourth-order valence-electron chi connectivity index (χ4n) is 0.956. The first-order valence-corrected chi connectivity index (χ1v) is 5.41. The lowest BCUT2D eigenvalue weighted by Gasteiger charge is -2.09. The molecule has 0 aliphatic carbocycles. The SMILES string of the molecule is COc1cc(NCC#N)c(Br)cc1Br. The highest BCUT2D eigenvalue weighted by atomic mass is 79.9. The zero-order valence-corrected chi connectivity index (χ0v) is 10.6. The van der Waals surface area contributed by atoms with E-state index >= 15 is 0 Å². The fraction of sp³-hybridized carbons (Fsp3) is 0.222. The third-order valence-electron chi connectivity index (χ3n) is 1.60. The predicted octanol–water partition coefficient (Wildman–Crippen LogP) is 3.16. The van der Waals surface area contributed by atoms with Crippen molar-refractivity contribution in [1.29, 1.82) is 5.26 Å². The van der Waals surface area contributed by atoms with E-state index in [1.54, 1.807) is 7.11 Å². The van der Waals surface area contributed by atoms with E-state index in [2.05, 4.69) is 37.2 Å². The Morgan fingerprint density at radius 2 is 2.14 bits per heavy atom. The van der Waals surface area contributed by atoms with Gasteiger partial charge in [0.1, 0.15) is 12.3 Å². The van der Waals surface area contributed by atoms with E-state index in [1.807, 2.05) is 18.2 Å². The second-order valence-electron chi connectivity index (χ2n) is 2.48. The first kappa shape index (κ1) is 11.3. The molecule has 3 nitrogen and oxygen atoms in total. The van der Waals surface area contributed by atoms with Crippen LogP contribution in [0.3, 0.4) is 0 Å². The summed E-state index contributed by atoms with van der Waals surface area (Å²) >= 11 is 6.74. The number of nitrogens with one attached hydrogen (secondary N) is 1. The molecule has 14 heavy (non-hydrogen) atoms. The molecular weight excluding hydrogens is 312 g/mol. The summed E-state index contributed by atoms with van der Waals surface area (Å²) in [6.07, 6.45) is 0. The van der Waals surface area contributed by atoms with E-state index in [1.165, 1.54) is 0 Å². The van der Waals surface area contributed by atoms with Crippen molar-refractivity contribution in [1.82, 2.24) is 0 Å². The van der Waals surface area contributed by atoms with Crippen LogP contribution < -0.4 is 10.1 Å². The van der Waals surface area contributed by atoms with Gasteiger partial charge in [-0.1, -0.05) is 0 Å². The summed E-state index contributed by atoms with van der Waals surface area (Å²) in [6, 6.07) is 5.71. The van der Waals surface area contributed by atoms with Gasteiger partial charge >= 0.3 is 0 Å². The Bertz CT molecular complexity index is 374. The Labute approximate surface area is 99.3 Å². The zero-order valence-electron chi connectivity index (χ0n) is 7.47. The van der Waals surface area contributed by atoms with Crippen LogP contribution in [0, 0.1) is 11.3 Å². The van der Waals surface area contributed by atoms with E-state index in [0.29, 0.717) is 0 Å². The summed E-state index contributed by atoms with van der Waals surface area (Å²) in [6.45, 7) is 0.267. The number of hydrogen-bond donors (Lipinski definition) is 1. The monoisotopic (exact) mass is 318 g/mol. The van der Waals surface area contributed by atoms with Gasteiger partial charge in [0.05, 0.1) is 23.3 Å². The smallest absolute Gasteiger partial charge is 0.135 e. The first-order chi connectivity index (χ1) is 6.69. The number of hydrogen-bond acceptors (Lipinski definition) is 3. The molecule has 0 unspecified atom stereocenters. The van der Waals surface area contributed by atoms with Crippen molar-refractivity contribution in [3.63, 3.8) is 0 Å². The van der Waals surface area contributed by atoms with Gasteiger partial charge in [0.2, 0.25) is 0 Å². The number of methoxy groups -OCH3 is 1. The Balaban J connectivity index is 2.99. The molecular formula is C9H8Br2N2O. The van der Waals surface area contributed by atoms with Crippen molar-refractivity contribution in [2.45, 2.75) is 0 Å². The van der Waals surface area contributed by atoms with E-state index in [9.17, 15) is 0 Å². The van der Waals surface area contributed by atoms with Gasteiger partial charge in [0, 0.05) is 10.5 Å². The molecule has 0 aliphatic rings. The van der Waals surface area contributed by atoms with Gasteiger partial charge in [-0.25, -0.2) is 0 Å². The van der Waals surface area contributed by atoms with Gasteiger partial charge in [0.15, 0.2) is 0 Å². The number of benzene rings is 1. The summed E-state index contributed by atoms with van der Waals surface area (Å²) in [5.41, 5.74) is 0.839. The van der Waals surface area contributed by atoms with Crippen LogP contribution in [-0.4, -0.2) is 13.7 Å². The molecule has 0 heterocycles. The third-order valence-corrected chi connectivity index (χ3v) is 2.88. The third kappa shape index (κ3) is 2.63. The van der Waals surface area contributed by atoms with Crippen LogP contribution in [-0.2, 0) is 0 Å². The molecule has 0 aliphatic heterocycles. The Hall–Kier alpha value is -0.730. The van der Waals surface area contributed by atoms with Gasteiger partial charge in [-0.3, -0.25) is 0 Å². The molecule has 0 aromatic heterocycles. The summed E-state index contributed by atoms with van der Waals surface area (Å²) < 4.78 is 6.89.